The Hall–Kier alpha value is -1.90. The lowest BCUT2D eigenvalue weighted by Crippen LogP contribution is -2.40. The maximum absolute atomic E-state index is 12.8. The zero-order valence-electron chi connectivity index (χ0n) is 12.4. The molecule has 22 heavy (non-hydrogen) atoms. The van der Waals surface area contributed by atoms with Crippen LogP contribution in [-0.4, -0.2) is 23.3 Å². The quantitative estimate of drug-likeness (QED) is 0.633. The molecule has 0 unspecified atom stereocenters. The van der Waals surface area contributed by atoms with E-state index in [0.717, 1.165) is 6.42 Å². The first-order chi connectivity index (χ1) is 10.8. The Labute approximate surface area is 130 Å². The van der Waals surface area contributed by atoms with Gasteiger partial charge in [0.1, 0.15) is 0 Å². The molecule has 2 saturated carbocycles. The minimum absolute atomic E-state index is 0.0537. The van der Waals surface area contributed by atoms with E-state index in [4.69, 9.17) is 0 Å². The number of carbonyl (C=O) groups is 2. The summed E-state index contributed by atoms with van der Waals surface area (Å²) in [4.78, 5) is 27.1. The Balaban J connectivity index is 1.38. The number of likely N-dealkylation sites (tertiary alicyclic amines) is 1. The largest absolute Gasteiger partial charge is 0.282 e. The average Bonchev–Trinajstić information content (AvgIpc) is 3.33. The minimum Gasteiger partial charge on any atom is -0.282 e. The maximum Gasteiger partial charge on any atom is 0.233 e. The number of amides is 2. The summed E-state index contributed by atoms with van der Waals surface area (Å²) in [5, 5.41) is 0. The number of carbonyl (C=O) groups excluding carboxylic acids is 2. The third-order valence-corrected chi connectivity index (χ3v) is 6.22. The first-order valence-electron chi connectivity index (χ1n) is 8.33. The Morgan fingerprint density at radius 2 is 1.50 bits per heavy atom. The van der Waals surface area contributed by atoms with Gasteiger partial charge in [-0.25, -0.2) is 0 Å². The van der Waals surface area contributed by atoms with E-state index in [-0.39, 0.29) is 23.7 Å². The van der Waals surface area contributed by atoms with Crippen molar-refractivity contribution in [2.24, 2.45) is 35.5 Å². The fourth-order valence-electron chi connectivity index (χ4n) is 5.12. The Kier molecular flexibility index (Phi) is 2.47. The summed E-state index contributed by atoms with van der Waals surface area (Å²) >= 11 is 0. The minimum atomic E-state index is -0.0537. The zero-order chi connectivity index (χ0) is 14.8. The van der Waals surface area contributed by atoms with E-state index < -0.39 is 0 Å². The van der Waals surface area contributed by atoms with Crippen molar-refractivity contribution >= 4 is 11.8 Å². The summed E-state index contributed by atoms with van der Waals surface area (Å²) in [6, 6.07) is 10.1. The van der Waals surface area contributed by atoms with Gasteiger partial charge in [0, 0.05) is 6.54 Å². The Bertz CT molecular complexity index is 644. The van der Waals surface area contributed by atoms with Crippen molar-refractivity contribution in [3.05, 3.63) is 48.0 Å². The fourth-order valence-corrected chi connectivity index (χ4v) is 5.12. The molecule has 3 nitrogen and oxygen atoms in total. The van der Waals surface area contributed by atoms with Gasteiger partial charge in [0.05, 0.1) is 11.8 Å². The molecule has 6 rings (SSSR count). The molecule has 1 aliphatic heterocycles. The number of rotatable bonds is 3. The van der Waals surface area contributed by atoms with Crippen LogP contribution < -0.4 is 0 Å². The summed E-state index contributed by atoms with van der Waals surface area (Å²) in [6.45, 7) is 0.531. The van der Waals surface area contributed by atoms with E-state index in [2.05, 4.69) is 24.3 Å². The third-order valence-electron chi connectivity index (χ3n) is 6.22. The van der Waals surface area contributed by atoms with Crippen molar-refractivity contribution in [2.45, 2.75) is 12.8 Å². The van der Waals surface area contributed by atoms with Gasteiger partial charge in [0.2, 0.25) is 11.8 Å². The number of hydrogen-bond donors (Lipinski definition) is 0. The molecule has 0 N–H and O–H groups in total. The normalized spacial score (nSPS) is 40.8. The van der Waals surface area contributed by atoms with Gasteiger partial charge >= 0.3 is 0 Å². The van der Waals surface area contributed by atoms with E-state index >= 15 is 0 Å². The highest BCUT2D eigenvalue weighted by Gasteiger charge is 2.66. The van der Waals surface area contributed by atoms with Crippen molar-refractivity contribution in [3.63, 3.8) is 0 Å². The molecule has 3 fully saturated rings. The molecule has 0 radical (unpaired) electrons. The highest BCUT2D eigenvalue weighted by Crippen LogP contribution is 2.65. The first-order valence-corrected chi connectivity index (χ1v) is 8.33. The Morgan fingerprint density at radius 3 is 2.09 bits per heavy atom. The van der Waals surface area contributed by atoms with E-state index in [1.807, 2.05) is 18.2 Å². The molecule has 2 amide bonds. The third kappa shape index (κ3) is 1.57. The number of benzene rings is 1. The van der Waals surface area contributed by atoms with Crippen LogP contribution in [0.25, 0.3) is 0 Å². The molecule has 6 atom stereocenters. The molecule has 5 aliphatic rings. The predicted octanol–water partition coefficient (Wildman–Crippen LogP) is 2.28. The van der Waals surface area contributed by atoms with Crippen LogP contribution in [0.4, 0.5) is 0 Å². The summed E-state index contributed by atoms with van der Waals surface area (Å²) in [5.74, 6) is 2.11. The van der Waals surface area contributed by atoms with Crippen LogP contribution in [0.2, 0.25) is 0 Å². The summed E-state index contributed by atoms with van der Waals surface area (Å²) in [7, 11) is 0. The zero-order valence-corrected chi connectivity index (χ0v) is 12.4. The van der Waals surface area contributed by atoms with E-state index in [1.54, 1.807) is 4.90 Å². The van der Waals surface area contributed by atoms with E-state index in [9.17, 15) is 9.59 Å². The van der Waals surface area contributed by atoms with Crippen molar-refractivity contribution in [3.8, 4) is 0 Å². The molecular formula is C19H19NO2. The van der Waals surface area contributed by atoms with Gasteiger partial charge in [-0.2, -0.15) is 0 Å². The predicted molar refractivity (Wildman–Crippen MR) is 81.6 cm³/mol. The molecule has 0 aromatic heterocycles. The smallest absolute Gasteiger partial charge is 0.233 e. The lowest BCUT2D eigenvalue weighted by Gasteiger charge is -2.37. The molecule has 112 valence electrons. The topological polar surface area (TPSA) is 37.4 Å². The number of imide groups is 1. The molecule has 2 bridgehead atoms. The summed E-state index contributed by atoms with van der Waals surface area (Å²) in [6.07, 6.45) is 6.44. The monoisotopic (exact) mass is 293 g/mol. The molecular weight excluding hydrogens is 274 g/mol. The number of nitrogens with zero attached hydrogens (tertiary/aromatic N) is 1. The van der Waals surface area contributed by atoms with Crippen LogP contribution >= 0.6 is 0 Å². The lowest BCUT2D eigenvalue weighted by atomic mass is 9.63. The lowest BCUT2D eigenvalue weighted by molar-refractivity contribution is -0.140. The van der Waals surface area contributed by atoms with Gasteiger partial charge in [-0.05, 0) is 42.1 Å². The van der Waals surface area contributed by atoms with Gasteiger partial charge in [-0.3, -0.25) is 14.5 Å². The SMILES string of the molecule is O=C1[C@@H]2[C@H]3C=C[C@H]([C@@H]4C[C@H]34)[C@@H]2C(=O)N1CCc1ccccc1. The van der Waals surface area contributed by atoms with Crippen LogP contribution in [0.3, 0.4) is 0 Å². The molecule has 0 spiro atoms. The highest BCUT2D eigenvalue weighted by molar-refractivity contribution is 6.06. The van der Waals surface area contributed by atoms with Crippen LogP contribution in [0.15, 0.2) is 42.5 Å². The fraction of sp³-hybridized carbons (Fsp3) is 0.474. The van der Waals surface area contributed by atoms with Gasteiger partial charge in [0.15, 0.2) is 0 Å². The molecule has 1 aromatic rings. The molecule has 1 aromatic carbocycles. The van der Waals surface area contributed by atoms with Crippen LogP contribution in [0.5, 0.6) is 0 Å². The van der Waals surface area contributed by atoms with Crippen LogP contribution in [-0.2, 0) is 16.0 Å². The van der Waals surface area contributed by atoms with Crippen LogP contribution in [0, 0.1) is 35.5 Å². The van der Waals surface area contributed by atoms with E-state index in [0.29, 0.717) is 30.2 Å². The Morgan fingerprint density at radius 1 is 0.909 bits per heavy atom. The number of allylic oxidation sites excluding steroid dienone is 2. The van der Waals surface area contributed by atoms with Gasteiger partial charge in [0.25, 0.3) is 0 Å². The summed E-state index contributed by atoms with van der Waals surface area (Å²) < 4.78 is 0. The molecule has 1 saturated heterocycles. The number of hydrogen-bond acceptors (Lipinski definition) is 2. The van der Waals surface area contributed by atoms with Crippen LogP contribution in [0.1, 0.15) is 12.0 Å². The second-order valence-electron chi connectivity index (χ2n) is 7.22. The molecule has 3 heteroatoms. The van der Waals surface area contributed by atoms with Gasteiger partial charge < -0.3 is 0 Å². The average molecular weight is 293 g/mol. The van der Waals surface area contributed by atoms with Gasteiger partial charge in [-0.1, -0.05) is 42.5 Å². The molecule has 1 heterocycles. The van der Waals surface area contributed by atoms with Crippen molar-refractivity contribution < 1.29 is 9.59 Å². The van der Waals surface area contributed by atoms with E-state index in [1.165, 1.54) is 12.0 Å². The second-order valence-corrected chi connectivity index (χ2v) is 7.22. The highest BCUT2D eigenvalue weighted by atomic mass is 16.2. The maximum atomic E-state index is 12.8. The second kappa shape index (κ2) is 4.31. The van der Waals surface area contributed by atoms with Gasteiger partial charge in [-0.15, -0.1) is 0 Å². The molecule has 4 aliphatic carbocycles. The van der Waals surface area contributed by atoms with Crippen molar-refractivity contribution in [2.75, 3.05) is 6.54 Å². The van der Waals surface area contributed by atoms with Crippen molar-refractivity contribution in [1.82, 2.24) is 4.90 Å². The standard InChI is InChI=1S/C19H19NO2/c21-18-16-12-6-7-13(15-10-14(12)15)17(16)19(22)20(18)9-8-11-4-2-1-3-5-11/h1-7,12-17H,8-10H2/t12-,13+,14+,15-,16+,17-. The first kappa shape index (κ1) is 12.6. The summed E-state index contributed by atoms with van der Waals surface area (Å²) in [5.41, 5.74) is 1.18. The van der Waals surface area contributed by atoms with Crippen molar-refractivity contribution in [1.29, 1.82) is 0 Å².